The number of ether oxygens (including phenoxy) is 1. The molecule has 0 saturated heterocycles. The molecule has 0 aromatic heterocycles. The van der Waals surface area contributed by atoms with Gasteiger partial charge in [0.05, 0.1) is 18.4 Å². The molecule has 120 valence electrons. The van der Waals surface area contributed by atoms with Crippen molar-refractivity contribution in [1.29, 1.82) is 0 Å². The van der Waals surface area contributed by atoms with Crippen molar-refractivity contribution >= 4 is 11.9 Å². The summed E-state index contributed by atoms with van der Waals surface area (Å²) in [5.41, 5.74) is 0.818. The molecule has 2 atom stereocenters. The van der Waals surface area contributed by atoms with Crippen LogP contribution in [0.1, 0.15) is 38.7 Å². The van der Waals surface area contributed by atoms with E-state index in [-0.39, 0.29) is 24.5 Å². The lowest BCUT2D eigenvalue weighted by atomic mass is 10.0. The summed E-state index contributed by atoms with van der Waals surface area (Å²) in [6.07, 6.45) is 2.44. The molecule has 5 nitrogen and oxygen atoms in total. The first-order chi connectivity index (χ1) is 10.5. The Bertz CT molecular complexity index is 541. The lowest BCUT2D eigenvalue weighted by Gasteiger charge is -2.18. The minimum Gasteiger partial charge on any atom is -0.491 e. The van der Waals surface area contributed by atoms with Crippen molar-refractivity contribution in [2.24, 2.45) is 5.92 Å². The van der Waals surface area contributed by atoms with Crippen molar-refractivity contribution in [2.45, 2.75) is 51.7 Å². The van der Waals surface area contributed by atoms with Crippen LogP contribution in [0.25, 0.3) is 0 Å². The van der Waals surface area contributed by atoms with E-state index in [9.17, 15) is 9.59 Å². The fourth-order valence-electron chi connectivity index (χ4n) is 2.88. The predicted octanol–water partition coefficient (Wildman–Crippen LogP) is 2.39. The van der Waals surface area contributed by atoms with Crippen LogP contribution in [0.4, 0.5) is 0 Å². The van der Waals surface area contributed by atoms with E-state index in [1.807, 2.05) is 38.1 Å². The van der Waals surface area contributed by atoms with Crippen LogP contribution < -0.4 is 10.1 Å². The average molecular weight is 305 g/mol. The van der Waals surface area contributed by atoms with Crippen LogP contribution in [0.3, 0.4) is 0 Å². The minimum absolute atomic E-state index is 0.0374. The van der Waals surface area contributed by atoms with E-state index in [1.165, 1.54) is 0 Å². The highest BCUT2D eigenvalue weighted by Gasteiger charge is 2.33. The zero-order valence-electron chi connectivity index (χ0n) is 13.0. The van der Waals surface area contributed by atoms with Gasteiger partial charge < -0.3 is 15.2 Å². The molecule has 1 aromatic carbocycles. The van der Waals surface area contributed by atoms with E-state index >= 15 is 0 Å². The summed E-state index contributed by atoms with van der Waals surface area (Å²) in [6, 6.07) is 7.18. The molecule has 0 spiro atoms. The van der Waals surface area contributed by atoms with Gasteiger partial charge in [-0.25, -0.2) is 0 Å². The Morgan fingerprint density at radius 3 is 2.73 bits per heavy atom. The zero-order chi connectivity index (χ0) is 16.1. The Morgan fingerprint density at radius 1 is 1.32 bits per heavy atom. The maximum Gasteiger partial charge on any atom is 0.308 e. The molecule has 0 bridgehead atoms. The van der Waals surface area contributed by atoms with Crippen LogP contribution in [-0.4, -0.2) is 29.1 Å². The molecule has 2 N–H and O–H groups in total. The zero-order valence-corrected chi connectivity index (χ0v) is 13.0. The molecule has 2 rings (SSSR count). The van der Waals surface area contributed by atoms with Crippen molar-refractivity contribution in [1.82, 2.24) is 5.32 Å². The Hall–Kier alpha value is -2.04. The summed E-state index contributed by atoms with van der Waals surface area (Å²) in [6.45, 7) is 3.87. The molecule has 1 amide bonds. The van der Waals surface area contributed by atoms with E-state index in [1.54, 1.807) is 0 Å². The van der Waals surface area contributed by atoms with Crippen molar-refractivity contribution in [2.75, 3.05) is 0 Å². The minimum atomic E-state index is -0.827. The van der Waals surface area contributed by atoms with Gasteiger partial charge >= 0.3 is 5.97 Å². The van der Waals surface area contributed by atoms with E-state index in [0.29, 0.717) is 12.2 Å². The summed E-state index contributed by atoms with van der Waals surface area (Å²) in [7, 11) is 0. The summed E-state index contributed by atoms with van der Waals surface area (Å²) in [5, 5.41) is 12.0. The molecule has 0 unspecified atom stereocenters. The highest BCUT2D eigenvalue weighted by atomic mass is 16.5. The average Bonchev–Trinajstić information content (AvgIpc) is 2.88. The summed E-state index contributed by atoms with van der Waals surface area (Å²) in [4.78, 5) is 23.4. The second-order valence-electron chi connectivity index (χ2n) is 6.00. The summed E-state index contributed by atoms with van der Waals surface area (Å²) < 4.78 is 5.70. The predicted molar refractivity (Wildman–Crippen MR) is 82.8 cm³/mol. The number of para-hydroxylation sites is 1. The third-order valence-corrected chi connectivity index (χ3v) is 3.87. The van der Waals surface area contributed by atoms with Gasteiger partial charge in [-0.3, -0.25) is 9.59 Å². The van der Waals surface area contributed by atoms with Crippen molar-refractivity contribution in [3.8, 4) is 5.75 Å². The number of carbonyl (C=O) groups excluding carboxylic acids is 1. The Kier molecular flexibility index (Phi) is 5.41. The fourth-order valence-corrected chi connectivity index (χ4v) is 2.88. The Balaban J connectivity index is 1.99. The van der Waals surface area contributed by atoms with Gasteiger partial charge in [0.1, 0.15) is 5.75 Å². The third kappa shape index (κ3) is 4.23. The number of benzene rings is 1. The topological polar surface area (TPSA) is 75.6 Å². The van der Waals surface area contributed by atoms with E-state index in [4.69, 9.17) is 9.84 Å². The Labute approximate surface area is 130 Å². The lowest BCUT2D eigenvalue weighted by Crippen LogP contribution is -2.40. The van der Waals surface area contributed by atoms with E-state index < -0.39 is 11.9 Å². The first-order valence-electron chi connectivity index (χ1n) is 7.74. The summed E-state index contributed by atoms with van der Waals surface area (Å²) >= 11 is 0. The number of carboxylic acids is 1. The lowest BCUT2D eigenvalue weighted by molar-refractivity contribution is -0.142. The molecule has 0 heterocycles. The highest BCUT2D eigenvalue weighted by Crippen LogP contribution is 2.26. The molecule has 1 saturated carbocycles. The Morgan fingerprint density at radius 2 is 2.05 bits per heavy atom. The summed E-state index contributed by atoms with van der Waals surface area (Å²) in [5.74, 6) is -0.746. The number of carboxylic acid groups (broad SMARTS) is 1. The van der Waals surface area contributed by atoms with Crippen LogP contribution in [0.15, 0.2) is 24.3 Å². The second-order valence-corrected chi connectivity index (χ2v) is 6.00. The van der Waals surface area contributed by atoms with Gasteiger partial charge in [0.25, 0.3) is 0 Å². The number of aliphatic carboxylic acids is 1. The van der Waals surface area contributed by atoms with Crippen molar-refractivity contribution in [3.63, 3.8) is 0 Å². The molecular formula is C17H23NO4. The molecule has 1 fully saturated rings. The van der Waals surface area contributed by atoms with E-state index in [2.05, 4.69) is 5.32 Å². The first kappa shape index (κ1) is 16.3. The molecule has 0 aliphatic heterocycles. The van der Waals surface area contributed by atoms with E-state index in [0.717, 1.165) is 18.4 Å². The van der Waals surface area contributed by atoms with Gasteiger partial charge in [0.15, 0.2) is 0 Å². The number of hydrogen-bond acceptors (Lipinski definition) is 3. The standard InChI is InChI=1S/C17H23NO4/c1-11(2)22-15-9-4-3-6-12(15)10-16(19)18-14-8-5-7-13(14)17(20)21/h3-4,6,9,11,13-14H,5,7-8,10H2,1-2H3,(H,18,19)(H,20,21)/t13-,14+/m0/s1. The van der Waals surface area contributed by atoms with Gasteiger partial charge in [-0.1, -0.05) is 24.6 Å². The molecule has 5 heteroatoms. The number of rotatable bonds is 6. The quantitative estimate of drug-likeness (QED) is 0.846. The largest absolute Gasteiger partial charge is 0.491 e. The number of amides is 1. The number of nitrogens with one attached hydrogen (secondary N) is 1. The van der Waals surface area contributed by atoms with Gasteiger partial charge in [0.2, 0.25) is 5.91 Å². The molecule has 1 aromatic rings. The van der Waals surface area contributed by atoms with Crippen molar-refractivity contribution in [3.05, 3.63) is 29.8 Å². The van der Waals surface area contributed by atoms with Crippen LogP contribution >= 0.6 is 0 Å². The fraction of sp³-hybridized carbons (Fsp3) is 0.529. The smallest absolute Gasteiger partial charge is 0.308 e. The number of carbonyl (C=O) groups is 2. The van der Waals surface area contributed by atoms with Crippen LogP contribution in [0.5, 0.6) is 5.75 Å². The van der Waals surface area contributed by atoms with Crippen LogP contribution in [-0.2, 0) is 16.0 Å². The molecule has 0 radical (unpaired) electrons. The SMILES string of the molecule is CC(C)Oc1ccccc1CC(=O)N[C@@H]1CCC[C@@H]1C(=O)O. The molecular weight excluding hydrogens is 282 g/mol. The molecule has 1 aliphatic rings. The third-order valence-electron chi connectivity index (χ3n) is 3.87. The van der Waals surface area contributed by atoms with Gasteiger partial charge in [-0.05, 0) is 32.8 Å². The molecule has 1 aliphatic carbocycles. The van der Waals surface area contributed by atoms with Gasteiger partial charge in [-0.15, -0.1) is 0 Å². The highest BCUT2D eigenvalue weighted by molar-refractivity contribution is 5.81. The maximum absolute atomic E-state index is 12.2. The van der Waals surface area contributed by atoms with Crippen LogP contribution in [0.2, 0.25) is 0 Å². The van der Waals surface area contributed by atoms with Gasteiger partial charge in [-0.2, -0.15) is 0 Å². The maximum atomic E-state index is 12.2. The van der Waals surface area contributed by atoms with Crippen LogP contribution in [0, 0.1) is 5.92 Å². The number of hydrogen-bond donors (Lipinski definition) is 2. The first-order valence-corrected chi connectivity index (χ1v) is 7.74. The van der Waals surface area contributed by atoms with Crippen molar-refractivity contribution < 1.29 is 19.4 Å². The normalized spacial score (nSPS) is 20.9. The van der Waals surface area contributed by atoms with Gasteiger partial charge in [0, 0.05) is 11.6 Å². The monoisotopic (exact) mass is 305 g/mol. The molecule has 22 heavy (non-hydrogen) atoms. The second kappa shape index (κ2) is 7.29.